The topological polar surface area (TPSA) is 43.4 Å². The van der Waals surface area contributed by atoms with Crippen molar-refractivity contribution in [2.45, 2.75) is 98.1 Å². The van der Waals surface area contributed by atoms with Crippen LogP contribution in [0.25, 0.3) is 0 Å². The number of nitrogens with zero attached hydrogens (tertiary/aromatic N) is 2. The summed E-state index contributed by atoms with van der Waals surface area (Å²) in [5.41, 5.74) is 8.31. The third-order valence-corrected chi connectivity index (χ3v) is 15.4. The van der Waals surface area contributed by atoms with Gasteiger partial charge in [-0.05, 0) is 125 Å². The Kier molecular flexibility index (Phi) is 18.4. The van der Waals surface area contributed by atoms with Crippen molar-refractivity contribution in [1.82, 2.24) is 9.57 Å². The van der Waals surface area contributed by atoms with E-state index in [9.17, 15) is 0 Å². The number of hydrogen-bond acceptors (Lipinski definition) is 6. The fourth-order valence-corrected chi connectivity index (χ4v) is 11.5. The SMILES string of the molecule is C=CCc1cc(C(C)(C)c2ccc(OC(C)(C)P(Oc3c(C)cccc3C)N(CC=C)CC=C)c(CC=C)c2)ccc1OP(Oc1c(C)cccc1C)C(C)(C)N(CC=C)CC=C. The van der Waals surface area contributed by atoms with Gasteiger partial charge in [0.2, 0.25) is 8.30 Å². The maximum absolute atomic E-state index is 7.09. The first kappa shape index (κ1) is 50.9. The molecule has 63 heavy (non-hydrogen) atoms. The van der Waals surface area contributed by atoms with Crippen LogP contribution in [0.5, 0.6) is 23.0 Å². The van der Waals surface area contributed by atoms with Crippen LogP contribution < -0.4 is 18.3 Å². The summed E-state index contributed by atoms with van der Waals surface area (Å²) >= 11 is 0. The number of rotatable bonds is 26. The normalized spacial score (nSPS) is 12.9. The lowest BCUT2D eigenvalue weighted by atomic mass is 9.77. The van der Waals surface area contributed by atoms with Crippen molar-refractivity contribution >= 4 is 16.7 Å². The first-order chi connectivity index (χ1) is 29.9. The molecular weight excluding hydrogens is 815 g/mol. The van der Waals surface area contributed by atoms with Crippen LogP contribution in [0.4, 0.5) is 0 Å². The van der Waals surface area contributed by atoms with Gasteiger partial charge in [-0.1, -0.05) is 111 Å². The molecule has 0 aliphatic carbocycles. The molecule has 0 amide bonds. The van der Waals surface area contributed by atoms with Gasteiger partial charge in [-0.2, -0.15) is 0 Å². The van der Waals surface area contributed by atoms with Crippen LogP contribution in [0, 0.1) is 27.7 Å². The average Bonchev–Trinajstić information content (AvgIpc) is 3.22. The van der Waals surface area contributed by atoms with E-state index >= 15 is 0 Å². The Balaban J connectivity index is 1.75. The van der Waals surface area contributed by atoms with E-state index < -0.39 is 27.3 Å². The smallest absolute Gasteiger partial charge is 0.311 e. The molecule has 0 radical (unpaired) electrons. The van der Waals surface area contributed by atoms with Crippen LogP contribution in [-0.4, -0.2) is 46.4 Å². The molecule has 6 nitrogen and oxygen atoms in total. The number of aryl methyl sites for hydroxylation is 4. The molecule has 0 heterocycles. The maximum atomic E-state index is 7.09. The second kappa shape index (κ2) is 22.8. The Morgan fingerprint density at radius 1 is 0.524 bits per heavy atom. The summed E-state index contributed by atoms with van der Waals surface area (Å²) in [6, 6.07) is 25.5. The van der Waals surface area contributed by atoms with Gasteiger partial charge >= 0.3 is 8.38 Å². The molecular formula is C55H72N2O4P2. The van der Waals surface area contributed by atoms with Crippen LogP contribution in [0.3, 0.4) is 0 Å². The third-order valence-electron chi connectivity index (χ3n) is 11.3. The van der Waals surface area contributed by atoms with Gasteiger partial charge < -0.3 is 18.3 Å². The summed E-state index contributed by atoms with van der Waals surface area (Å²) < 4.78 is 30.4. The molecule has 0 N–H and O–H groups in total. The predicted molar refractivity (Wildman–Crippen MR) is 273 cm³/mol. The zero-order valence-electron chi connectivity index (χ0n) is 39.8. The summed E-state index contributed by atoms with van der Waals surface area (Å²) in [6.45, 7) is 48.5. The summed E-state index contributed by atoms with van der Waals surface area (Å²) in [6.07, 6.45) is 12.8. The van der Waals surface area contributed by atoms with Gasteiger partial charge in [0.05, 0.1) is 0 Å². The number of hydrogen-bond donors (Lipinski definition) is 0. The predicted octanol–water partition coefficient (Wildman–Crippen LogP) is 15.1. The van der Waals surface area contributed by atoms with Crippen molar-refractivity contribution in [1.29, 1.82) is 0 Å². The van der Waals surface area contributed by atoms with E-state index in [0.717, 1.165) is 67.5 Å². The van der Waals surface area contributed by atoms with E-state index in [2.05, 4.69) is 191 Å². The Bertz CT molecular complexity index is 2180. The van der Waals surface area contributed by atoms with Gasteiger partial charge in [0.1, 0.15) is 28.3 Å². The van der Waals surface area contributed by atoms with Gasteiger partial charge in [0.15, 0.2) is 5.34 Å². The van der Waals surface area contributed by atoms with Crippen molar-refractivity contribution in [3.05, 3.63) is 193 Å². The molecule has 2 atom stereocenters. The molecule has 0 aliphatic heterocycles. The van der Waals surface area contributed by atoms with Crippen LogP contribution in [0.15, 0.2) is 149 Å². The minimum atomic E-state index is -1.56. The van der Waals surface area contributed by atoms with Crippen molar-refractivity contribution in [2.75, 3.05) is 26.2 Å². The van der Waals surface area contributed by atoms with E-state index in [1.165, 1.54) is 0 Å². The average molecular weight is 887 g/mol. The lowest BCUT2D eigenvalue weighted by Gasteiger charge is -2.41. The highest BCUT2D eigenvalue weighted by Gasteiger charge is 2.42. The molecule has 0 bridgehead atoms. The fraction of sp³-hybridized carbons (Fsp3) is 0.345. The quantitative estimate of drug-likeness (QED) is 0.0462. The molecule has 0 saturated carbocycles. The van der Waals surface area contributed by atoms with Gasteiger partial charge in [0.25, 0.3) is 0 Å². The number of allylic oxidation sites excluding steroid dienone is 2. The number of ether oxygens (including phenoxy) is 1. The van der Waals surface area contributed by atoms with Crippen LogP contribution >= 0.6 is 16.7 Å². The first-order valence-electron chi connectivity index (χ1n) is 21.8. The summed E-state index contributed by atoms with van der Waals surface area (Å²) in [5, 5.41) is -1.25. The fourth-order valence-electron chi connectivity index (χ4n) is 7.59. The molecule has 4 aromatic rings. The van der Waals surface area contributed by atoms with Crippen molar-refractivity contribution < 1.29 is 18.3 Å². The molecule has 8 heteroatoms. The molecule has 2 unspecified atom stereocenters. The highest BCUT2D eigenvalue weighted by atomic mass is 31.2. The summed E-state index contributed by atoms with van der Waals surface area (Å²) in [4.78, 5) is 2.30. The van der Waals surface area contributed by atoms with Crippen LogP contribution in [0.2, 0.25) is 0 Å². The zero-order chi connectivity index (χ0) is 46.5. The second-order valence-corrected chi connectivity index (χ2v) is 21.8. The minimum absolute atomic E-state index is 0.384. The highest BCUT2D eigenvalue weighted by Crippen LogP contribution is 2.57. The Labute approximate surface area is 383 Å². The van der Waals surface area contributed by atoms with E-state index in [1.54, 1.807) is 0 Å². The zero-order valence-corrected chi connectivity index (χ0v) is 41.6. The molecule has 0 aliphatic rings. The standard InChI is InChI=1S/C55H72N2O4P2/c1-17-25-45-39-47(31-33-49(45)58-55(15,16)62(57(37-21-5)38-22-6)60-51-41(7)27-23-28-42(51)8)53(11,12)48-32-34-50(46(40-48)26-18-2)59-63(54(13,14)56(35-19-3)36-20-4)61-52-43(9)29-24-30-44(52)10/h17-24,27-34,39-40H,1-6,25-26,35-38H2,7-16H3. The lowest BCUT2D eigenvalue weighted by Crippen LogP contribution is -2.44. The van der Waals surface area contributed by atoms with E-state index in [1.807, 2.05) is 36.5 Å². The first-order valence-corrected chi connectivity index (χ1v) is 24.2. The molecule has 0 saturated heterocycles. The number of benzene rings is 4. The van der Waals surface area contributed by atoms with E-state index in [-0.39, 0.29) is 5.41 Å². The minimum Gasteiger partial charge on any atom is -0.478 e. The maximum Gasteiger partial charge on any atom is 0.311 e. The lowest BCUT2D eigenvalue weighted by molar-refractivity contribution is 0.178. The van der Waals surface area contributed by atoms with Crippen LogP contribution in [-0.2, 0) is 18.3 Å². The highest BCUT2D eigenvalue weighted by molar-refractivity contribution is 7.52. The summed E-state index contributed by atoms with van der Waals surface area (Å²) in [5.74, 6) is 3.30. The third kappa shape index (κ3) is 12.5. The number of para-hydroxylation sites is 2. The largest absolute Gasteiger partial charge is 0.478 e. The van der Waals surface area contributed by atoms with Crippen LogP contribution in [0.1, 0.15) is 86.1 Å². The van der Waals surface area contributed by atoms with Gasteiger partial charge in [-0.3, -0.25) is 4.90 Å². The van der Waals surface area contributed by atoms with Gasteiger partial charge in [-0.15, -0.1) is 39.5 Å². The molecule has 0 spiro atoms. The Hall–Kier alpha value is -4.70. The van der Waals surface area contributed by atoms with E-state index in [0.29, 0.717) is 39.0 Å². The van der Waals surface area contributed by atoms with Crippen molar-refractivity contribution in [3.8, 4) is 23.0 Å². The monoisotopic (exact) mass is 886 g/mol. The van der Waals surface area contributed by atoms with Gasteiger partial charge in [0, 0.05) is 31.6 Å². The van der Waals surface area contributed by atoms with Crippen molar-refractivity contribution in [2.24, 2.45) is 0 Å². The van der Waals surface area contributed by atoms with Gasteiger partial charge in [-0.25, -0.2) is 4.67 Å². The molecule has 0 aromatic heterocycles. The van der Waals surface area contributed by atoms with Crippen molar-refractivity contribution in [3.63, 3.8) is 0 Å². The second-order valence-electron chi connectivity index (χ2n) is 17.5. The molecule has 336 valence electrons. The molecule has 4 aromatic carbocycles. The Morgan fingerprint density at radius 3 is 1.40 bits per heavy atom. The summed E-state index contributed by atoms with van der Waals surface area (Å²) in [7, 11) is -2.91. The molecule has 4 rings (SSSR count). The molecule has 0 fully saturated rings. The Morgan fingerprint density at radius 2 is 0.952 bits per heavy atom. The van der Waals surface area contributed by atoms with E-state index in [4.69, 9.17) is 18.3 Å².